The summed E-state index contributed by atoms with van der Waals surface area (Å²) in [5.41, 5.74) is 2.49. The van der Waals surface area contributed by atoms with E-state index < -0.39 is 0 Å². The monoisotopic (exact) mass is 253 g/mol. The third-order valence-corrected chi connectivity index (χ3v) is 2.45. The Morgan fingerprint density at radius 3 is 2.36 bits per heavy atom. The highest BCUT2D eigenvalue weighted by atomic mass is 79.9. The SMILES string of the molecule is CC(C)=NC(C)Cc1ccc(Br)cc1. The third-order valence-electron chi connectivity index (χ3n) is 1.92. The number of halogens is 1. The van der Waals surface area contributed by atoms with E-state index in [2.05, 4.69) is 52.1 Å². The van der Waals surface area contributed by atoms with Gasteiger partial charge in [-0.05, 0) is 44.9 Å². The van der Waals surface area contributed by atoms with Crippen LogP contribution >= 0.6 is 15.9 Å². The van der Waals surface area contributed by atoms with Crippen molar-refractivity contribution >= 4 is 21.6 Å². The topological polar surface area (TPSA) is 12.4 Å². The molecule has 2 heteroatoms. The summed E-state index contributed by atoms with van der Waals surface area (Å²) < 4.78 is 1.13. The van der Waals surface area contributed by atoms with E-state index >= 15 is 0 Å². The zero-order valence-electron chi connectivity index (χ0n) is 8.92. The minimum atomic E-state index is 0.376. The predicted octanol–water partition coefficient (Wildman–Crippen LogP) is 3.86. The van der Waals surface area contributed by atoms with Crippen molar-refractivity contribution in [3.8, 4) is 0 Å². The Hall–Kier alpha value is -0.630. The first kappa shape index (κ1) is 11.4. The Bertz CT molecular complexity index is 310. The maximum atomic E-state index is 4.50. The van der Waals surface area contributed by atoms with Crippen molar-refractivity contribution in [2.75, 3.05) is 0 Å². The summed E-state index contributed by atoms with van der Waals surface area (Å²) in [5.74, 6) is 0. The Balaban J connectivity index is 2.61. The summed E-state index contributed by atoms with van der Waals surface area (Å²) in [6.07, 6.45) is 1.01. The molecule has 0 amide bonds. The second kappa shape index (κ2) is 5.30. The van der Waals surface area contributed by atoms with Crippen molar-refractivity contribution in [3.63, 3.8) is 0 Å². The van der Waals surface area contributed by atoms with Crippen molar-refractivity contribution in [1.82, 2.24) is 0 Å². The lowest BCUT2D eigenvalue weighted by Gasteiger charge is -2.07. The van der Waals surface area contributed by atoms with Crippen LogP contribution in [-0.4, -0.2) is 11.8 Å². The Morgan fingerprint density at radius 2 is 1.86 bits per heavy atom. The average molecular weight is 254 g/mol. The standard InChI is InChI=1S/C12H16BrN/c1-9(2)14-10(3)8-11-4-6-12(13)7-5-11/h4-7,10H,8H2,1-3H3. The van der Waals surface area contributed by atoms with E-state index in [4.69, 9.17) is 0 Å². The molecule has 0 aliphatic carbocycles. The van der Waals surface area contributed by atoms with Crippen LogP contribution in [0.3, 0.4) is 0 Å². The van der Waals surface area contributed by atoms with Crippen LogP contribution in [0.25, 0.3) is 0 Å². The van der Waals surface area contributed by atoms with Gasteiger partial charge in [-0.15, -0.1) is 0 Å². The van der Waals surface area contributed by atoms with Gasteiger partial charge in [-0.3, -0.25) is 4.99 Å². The van der Waals surface area contributed by atoms with Crippen LogP contribution < -0.4 is 0 Å². The van der Waals surface area contributed by atoms with Crippen LogP contribution in [0.2, 0.25) is 0 Å². The Morgan fingerprint density at radius 1 is 1.29 bits per heavy atom. The maximum absolute atomic E-state index is 4.50. The molecule has 0 heterocycles. The molecule has 76 valence electrons. The van der Waals surface area contributed by atoms with Gasteiger partial charge in [-0.1, -0.05) is 28.1 Å². The fraction of sp³-hybridized carbons (Fsp3) is 0.417. The lowest BCUT2D eigenvalue weighted by molar-refractivity contribution is 0.739. The zero-order valence-corrected chi connectivity index (χ0v) is 10.5. The summed E-state index contributed by atoms with van der Waals surface area (Å²) in [6.45, 7) is 6.23. The lowest BCUT2D eigenvalue weighted by Crippen LogP contribution is -2.04. The molecule has 0 spiro atoms. The molecule has 0 fully saturated rings. The predicted molar refractivity (Wildman–Crippen MR) is 66.1 cm³/mol. The second-order valence-electron chi connectivity index (χ2n) is 3.76. The summed E-state index contributed by atoms with van der Waals surface area (Å²) in [5, 5.41) is 0. The summed E-state index contributed by atoms with van der Waals surface area (Å²) in [7, 11) is 0. The Kier molecular flexibility index (Phi) is 4.33. The fourth-order valence-corrected chi connectivity index (χ4v) is 1.71. The molecule has 0 saturated carbocycles. The highest BCUT2D eigenvalue weighted by Gasteiger charge is 2.00. The van der Waals surface area contributed by atoms with Gasteiger partial charge in [-0.25, -0.2) is 0 Å². The van der Waals surface area contributed by atoms with Crippen LogP contribution in [0.4, 0.5) is 0 Å². The van der Waals surface area contributed by atoms with Gasteiger partial charge in [0.2, 0.25) is 0 Å². The molecule has 1 nitrogen and oxygen atoms in total. The number of rotatable bonds is 3. The normalized spacial score (nSPS) is 12.3. The maximum Gasteiger partial charge on any atom is 0.0510 e. The van der Waals surface area contributed by atoms with Gasteiger partial charge in [0.25, 0.3) is 0 Å². The summed E-state index contributed by atoms with van der Waals surface area (Å²) in [6, 6.07) is 8.80. The molecule has 0 saturated heterocycles. The molecule has 1 rings (SSSR count). The quantitative estimate of drug-likeness (QED) is 0.726. The zero-order chi connectivity index (χ0) is 10.6. The van der Waals surface area contributed by atoms with Gasteiger partial charge >= 0.3 is 0 Å². The molecule has 0 aromatic heterocycles. The van der Waals surface area contributed by atoms with Crippen molar-refractivity contribution in [2.24, 2.45) is 4.99 Å². The third kappa shape index (κ3) is 4.05. The van der Waals surface area contributed by atoms with Gasteiger partial charge in [0, 0.05) is 10.2 Å². The van der Waals surface area contributed by atoms with Crippen LogP contribution in [0.15, 0.2) is 33.7 Å². The minimum Gasteiger partial charge on any atom is -0.291 e. The molecule has 0 aliphatic rings. The van der Waals surface area contributed by atoms with Crippen LogP contribution in [0.1, 0.15) is 26.3 Å². The summed E-state index contributed by atoms with van der Waals surface area (Å²) in [4.78, 5) is 4.50. The number of aliphatic imine (C=N–C) groups is 1. The summed E-state index contributed by atoms with van der Waals surface area (Å²) >= 11 is 3.42. The number of nitrogens with zero attached hydrogens (tertiary/aromatic N) is 1. The number of hydrogen-bond donors (Lipinski definition) is 0. The van der Waals surface area contributed by atoms with Gasteiger partial charge in [0.15, 0.2) is 0 Å². The molecule has 1 unspecified atom stereocenters. The molecule has 0 bridgehead atoms. The average Bonchev–Trinajstić information content (AvgIpc) is 2.07. The van der Waals surface area contributed by atoms with Crippen molar-refractivity contribution < 1.29 is 0 Å². The number of benzene rings is 1. The van der Waals surface area contributed by atoms with Crippen LogP contribution in [-0.2, 0) is 6.42 Å². The highest BCUT2D eigenvalue weighted by molar-refractivity contribution is 9.10. The van der Waals surface area contributed by atoms with E-state index in [1.807, 2.05) is 13.8 Å². The number of hydrogen-bond acceptors (Lipinski definition) is 1. The molecule has 0 radical (unpaired) electrons. The lowest BCUT2D eigenvalue weighted by atomic mass is 10.1. The molecule has 1 aromatic carbocycles. The van der Waals surface area contributed by atoms with Crippen LogP contribution in [0, 0.1) is 0 Å². The highest BCUT2D eigenvalue weighted by Crippen LogP contribution is 2.12. The Labute approximate surface area is 94.4 Å². The smallest absolute Gasteiger partial charge is 0.0510 e. The van der Waals surface area contributed by atoms with E-state index in [1.165, 1.54) is 5.56 Å². The molecule has 1 aromatic rings. The first-order chi connectivity index (χ1) is 6.58. The molecular weight excluding hydrogens is 238 g/mol. The van der Waals surface area contributed by atoms with Gasteiger partial charge < -0.3 is 0 Å². The van der Waals surface area contributed by atoms with Gasteiger partial charge in [0.05, 0.1) is 6.04 Å². The largest absolute Gasteiger partial charge is 0.291 e. The first-order valence-corrected chi connectivity index (χ1v) is 5.62. The van der Waals surface area contributed by atoms with E-state index in [1.54, 1.807) is 0 Å². The molecule has 14 heavy (non-hydrogen) atoms. The van der Waals surface area contributed by atoms with Crippen molar-refractivity contribution in [1.29, 1.82) is 0 Å². The molecule has 0 aliphatic heterocycles. The van der Waals surface area contributed by atoms with Gasteiger partial charge in [-0.2, -0.15) is 0 Å². The van der Waals surface area contributed by atoms with E-state index in [0.717, 1.165) is 16.6 Å². The van der Waals surface area contributed by atoms with E-state index in [-0.39, 0.29) is 0 Å². The van der Waals surface area contributed by atoms with E-state index in [9.17, 15) is 0 Å². The second-order valence-corrected chi connectivity index (χ2v) is 4.67. The molecular formula is C12H16BrN. The van der Waals surface area contributed by atoms with Crippen molar-refractivity contribution in [3.05, 3.63) is 34.3 Å². The van der Waals surface area contributed by atoms with Crippen LogP contribution in [0.5, 0.6) is 0 Å². The molecule has 0 N–H and O–H groups in total. The fourth-order valence-electron chi connectivity index (χ4n) is 1.45. The first-order valence-electron chi connectivity index (χ1n) is 4.83. The van der Waals surface area contributed by atoms with Crippen molar-refractivity contribution in [2.45, 2.75) is 33.2 Å². The van der Waals surface area contributed by atoms with E-state index in [0.29, 0.717) is 6.04 Å². The molecule has 1 atom stereocenters. The van der Waals surface area contributed by atoms with Gasteiger partial charge in [0.1, 0.15) is 0 Å². The minimum absolute atomic E-state index is 0.376.